The minimum absolute atomic E-state index is 0.396. The van der Waals surface area contributed by atoms with E-state index >= 15 is 0 Å². The maximum absolute atomic E-state index is 11.8. The van der Waals surface area contributed by atoms with E-state index in [2.05, 4.69) is 24.6 Å². The first-order valence-corrected chi connectivity index (χ1v) is 15.0. The average Bonchev–Trinajstić information content (AvgIpc) is 3.57. The second kappa shape index (κ2) is 11.0. The SMILES string of the molecule is COc1cc(NS(C)(=O)=O)ccc1-n1nc(N(C)CCN2CCOCC2)c2cnc(-c3cnn4cccnc34)cc21. The van der Waals surface area contributed by atoms with Crippen molar-refractivity contribution in [2.24, 2.45) is 0 Å². The lowest BCUT2D eigenvalue weighted by Gasteiger charge is -2.28. The van der Waals surface area contributed by atoms with Crippen LogP contribution in [0.25, 0.3) is 33.5 Å². The number of anilines is 2. The van der Waals surface area contributed by atoms with E-state index in [1.165, 1.54) is 0 Å². The van der Waals surface area contributed by atoms with Crippen molar-refractivity contribution >= 4 is 38.1 Å². The summed E-state index contributed by atoms with van der Waals surface area (Å²) in [4.78, 5) is 13.8. The van der Waals surface area contributed by atoms with Crippen LogP contribution in [0.15, 0.2) is 55.1 Å². The Hall–Kier alpha value is -4.27. The van der Waals surface area contributed by atoms with Gasteiger partial charge in [0.25, 0.3) is 0 Å². The Morgan fingerprint density at radius 3 is 2.76 bits per heavy atom. The van der Waals surface area contributed by atoms with Crippen molar-refractivity contribution in [3.63, 3.8) is 0 Å². The van der Waals surface area contributed by atoms with Gasteiger partial charge in [0.2, 0.25) is 10.0 Å². The molecule has 13 nitrogen and oxygen atoms in total. The Kier molecular flexibility index (Phi) is 7.19. The summed E-state index contributed by atoms with van der Waals surface area (Å²) in [6.45, 7) is 4.95. The zero-order valence-electron chi connectivity index (χ0n) is 23.1. The second-order valence-corrected chi connectivity index (χ2v) is 11.7. The molecule has 0 aliphatic carbocycles. The largest absolute Gasteiger partial charge is 0.494 e. The minimum Gasteiger partial charge on any atom is -0.494 e. The average molecular weight is 578 g/mol. The molecule has 1 N–H and O–H groups in total. The third-order valence-corrected chi connectivity index (χ3v) is 7.64. The fourth-order valence-electron chi connectivity index (χ4n) is 4.97. The number of pyridine rings is 1. The summed E-state index contributed by atoms with van der Waals surface area (Å²) in [5.74, 6) is 1.23. The topological polar surface area (TPSA) is 132 Å². The highest BCUT2D eigenvalue weighted by atomic mass is 32.2. The van der Waals surface area contributed by atoms with Crippen LogP contribution in [0.5, 0.6) is 5.75 Å². The molecule has 0 saturated carbocycles. The minimum atomic E-state index is -3.45. The van der Waals surface area contributed by atoms with Gasteiger partial charge in [-0.1, -0.05) is 0 Å². The lowest BCUT2D eigenvalue weighted by molar-refractivity contribution is 0.0393. The number of likely N-dealkylation sites (N-methyl/N-ethyl adjacent to an activating group) is 1. The molecule has 14 heteroatoms. The van der Waals surface area contributed by atoms with Gasteiger partial charge >= 0.3 is 0 Å². The molecular weight excluding hydrogens is 546 g/mol. The Morgan fingerprint density at radius 2 is 1.98 bits per heavy atom. The Morgan fingerprint density at radius 1 is 1.15 bits per heavy atom. The summed E-state index contributed by atoms with van der Waals surface area (Å²) < 4.78 is 40.8. The molecule has 1 aliphatic rings. The first kappa shape index (κ1) is 26.9. The number of morpholine rings is 1. The number of aromatic nitrogens is 6. The molecule has 214 valence electrons. The van der Waals surface area contributed by atoms with Crippen molar-refractivity contribution in [3.8, 4) is 22.7 Å². The van der Waals surface area contributed by atoms with Crippen LogP contribution in [0.3, 0.4) is 0 Å². The van der Waals surface area contributed by atoms with Crippen molar-refractivity contribution in [1.29, 1.82) is 0 Å². The number of benzene rings is 1. The number of nitrogens with zero attached hydrogens (tertiary/aromatic N) is 8. The van der Waals surface area contributed by atoms with Crippen molar-refractivity contribution < 1.29 is 17.9 Å². The van der Waals surface area contributed by atoms with Crippen LogP contribution >= 0.6 is 0 Å². The standard InChI is InChI=1S/C27H31N9O4S/c1-33(9-10-34-11-13-40-14-12-34)27-21-17-29-22(20-18-30-35-8-4-7-28-26(20)35)16-24(21)36(31-27)23-6-5-19(15-25(23)39-2)32-41(3,37)38/h4-8,15-18,32H,9-14H2,1-3H3. The molecule has 41 heavy (non-hydrogen) atoms. The summed E-state index contributed by atoms with van der Waals surface area (Å²) in [6.07, 6.45) is 8.25. The number of hydrogen-bond acceptors (Lipinski definition) is 10. The Bertz CT molecular complexity index is 1810. The fraction of sp³-hybridized carbons (Fsp3) is 0.333. The van der Waals surface area contributed by atoms with Gasteiger partial charge < -0.3 is 14.4 Å². The molecule has 0 amide bonds. The summed E-state index contributed by atoms with van der Waals surface area (Å²) in [5, 5.41) is 10.3. The Labute approximate surface area is 237 Å². The van der Waals surface area contributed by atoms with Crippen LogP contribution in [0, 0.1) is 0 Å². The second-order valence-electron chi connectivity index (χ2n) is 9.90. The first-order valence-electron chi connectivity index (χ1n) is 13.2. The number of methoxy groups -OCH3 is 1. The maximum atomic E-state index is 11.8. The van der Waals surface area contributed by atoms with Gasteiger partial charge in [-0.25, -0.2) is 22.6 Å². The van der Waals surface area contributed by atoms with E-state index < -0.39 is 10.0 Å². The number of sulfonamides is 1. The van der Waals surface area contributed by atoms with Gasteiger partial charge in [-0.05, 0) is 24.3 Å². The molecule has 1 saturated heterocycles. The van der Waals surface area contributed by atoms with Gasteiger partial charge in [0.15, 0.2) is 11.5 Å². The summed E-state index contributed by atoms with van der Waals surface area (Å²) in [5.41, 5.74) is 4.04. The quantitative estimate of drug-likeness (QED) is 0.278. The molecule has 0 radical (unpaired) electrons. The van der Waals surface area contributed by atoms with Crippen LogP contribution in [-0.2, 0) is 14.8 Å². The van der Waals surface area contributed by atoms with Crippen LogP contribution in [0.2, 0.25) is 0 Å². The number of rotatable bonds is 9. The molecular formula is C27H31N9O4S. The molecule has 4 aromatic heterocycles. The van der Waals surface area contributed by atoms with Crippen LogP contribution in [-0.4, -0.2) is 102 Å². The van der Waals surface area contributed by atoms with Gasteiger partial charge in [0.1, 0.15) is 11.4 Å². The molecule has 0 bridgehead atoms. The van der Waals surface area contributed by atoms with Crippen molar-refractivity contribution in [2.45, 2.75) is 0 Å². The summed E-state index contributed by atoms with van der Waals surface area (Å²) in [7, 11) is 0.109. The summed E-state index contributed by atoms with van der Waals surface area (Å²) in [6, 6.07) is 8.90. The first-order chi connectivity index (χ1) is 19.8. The van der Waals surface area contributed by atoms with E-state index in [1.807, 2.05) is 36.3 Å². The predicted octanol–water partition coefficient (Wildman–Crippen LogP) is 2.28. The van der Waals surface area contributed by atoms with Crippen molar-refractivity contribution in [3.05, 3.63) is 55.1 Å². The molecule has 1 fully saturated rings. The van der Waals surface area contributed by atoms with Gasteiger partial charge in [0.05, 0.1) is 60.6 Å². The molecule has 1 aliphatic heterocycles. The van der Waals surface area contributed by atoms with Gasteiger partial charge in [-0.2, -0.15) is 5.10 Å². The zero-order valence-corrected chi connectivity index (χ0v) is 23.9. The third-order valence-electron chi connectivity index (χ3n) is 7.03. The number of nitrogens with one attached hydrogen (secondary N) is 1. The van der Waals surface area contributed by atoms with Crippen molar-refractivity contribution in [2.75, 3.05) is 69.4 Å². The number of hydrogen-bond donors (Lipinski definition) is 1. The van der Waals surface area contributed by atoms with E-state index in [0.717, 1.165) is 67.9 Å². The molecule has 0 unspecified atom stereocenters. The predicted molar refractivity (Wildman–Crippen MR) is 156 cm³/mol. The molecule has 6 rings (SSSR count). The van der Waals surface area contributed by atoms with E-state index in [-0.39, 0.29) is 0 Å². The highest BCUT2D eigenvalue weighted by molar-refractivity contribution is 7.92. The zero-order chi connectivity index (χ0) is 28.6. The number of ether oxygens (including phenoxy) is 2. The molecule has 5 heterocycles. The number of fused-ring (bicyclic) bond motifs is 2. The van der Waals surface area contributed by atoms with Gasteiger partial charge in [0, 0.05) is 57.9 Å². The molecule has 5 aromatic rings. The van der Waals surface area contributed by atoms with E-state index in [9.17, 15) is 8.42 Å². The van der Waals surface area contributed by atoms with E-state index in [1.54, 1.807) is 42.2 Å². The highest BCUT2D eigenvalue weighted by Gasteiger charge is 2.21. The highest BCUT2D eigenvalue weighted by Crippen LogP contribution is 2.35. The molecule has 0 spiro atoms. The monoisotopic (exact) mass is 577 g/mol. The molecule has 1 aromatic carbocycles. The third kappa shape index (κ3) is 5.53. The van der Waals surface area contributed by atoms with Crippen LogP contribution in [0.4, 0.5) is 11.5 Å². The Balaban J connectivity index is 1.45. The lowest BCUT2D eigenvalue weighted by Crippen LogP contribution is -2.40. The van der Waals surface area contributed by atoms with E-state index in [0.29, 0.717) is 28.5 Å². The lowest BCUT2D eigenvalue weighted by atomic mass is 10.2. The van der Waals surface area contributed by atoms with Gasteiger partial charge in [-0.15, -0.1) is 5.10 Å². The molecule has 0 atom stereocenters. The summed E-state index contributed by atoms with van der Waals surface area (Å²) >= 11 is 0. The fourth-order valence-corrected chi connectivity index (χ4v) is 5.52. The van der Waals surface area contributed by atoms with Crippen LogP contribution in [0.1, 0.15) is 0 Å². The van der Waals surface area contributed by atoms with Crippen molar-refractivity contribution in [1.82, 2.24) is 34.3 Å². The van der Waals surface area contributed by atoms with E-state index in [4.69, 9.17) is 19.6 Å². The smallest absolute Gasteiger partial charge is 0.229 e. The van der Waals surface area contributed by atoms with Gasteiger partial charge in [-0.3, -0.25) is 14.6 Å². The van der Waals surface area contributed by atoms with Crippen LogP contribution < -0.4 is 14.4 Å². The normalized spacial score (nSPS) is 14.5. The maximum Gasteiger partial charge on any atom is 0.229 e.